The maximum absolute atomic E-state index is 4.42. The van der Waals surface area contributed by atoms with Gasteiger partial charge in [0.25, 0.3) is 0 Å². The molecule has 2 aromatic rings. The Morgan fingerprint density at radius 1 is 1.50 bits per heavy atom. The fourth-order valence-corrected chi connectivity index (χ4v) is 1.36. The van der Waals surface area contributed by atoms with Crippen molar-refractivity contribution in [3.05, 3.63) is 23.7 Å². The van der Waals surface area contributed by atoms with E-state index in [9.17, 15) is 0 Å². The molecule has 2 rings (SSSR count). The fourth-order valence-electron chi connectivity index (χ4n) is 1.36. The molecule has 0 aromatic carbocycles. The molecule has 0 atom stereocenters. The van der Waals surface area contributed by atoms with Crippen LogP contribution in [0.4, 0.5) is 0 Å². The van der Waals surface area contributed by atoms with E-state index in [0.29, 0.717) is 0 Å². The number of H-pyrrole nitrogens is 1. The molecule has 0 saturated heterocycles. The summed E-state index contributed by atoms with van der Waals surface area (Å²) in [6, 6.07) is 2.08. The Labute approximate surface area is 70.8 Å². The van der Waals surface area contributed by atoms with Crippen LogP contribution in [0.3, 0.4) is 0 Å². The van der Waals surface area contributed by atoms with Gasteiger partial charge in [-0.25, -0.2) is 0 Å². The number of fused-ring (bicyclic) bond motifs is 1. The average molecular weight is 161 g/mol. The van der Waals surface area contributed by atoms with Crippen molar-refractivity contribution in [2.75, 3.05) is 0 Å². The molecule has 0 aliphatic rings. The summed E-state index contributed by atoms with van der Waals surface area (Å²) < 4.78 is 0. The molecule has 3 heteroatoms. The summed E-state index contributed by atoms with van der Waals surface area (Å²) in [5.41, 5.74) is 3.20. The average Bonchev–Trinajstić information content (AvgIpc) is 2.52. The number of hydrogen-bond donors (Lipinski definition) is 1. The monoisotopic (exact) mass is 161 g/mol. The Bertz CT molecular complexity index is 403. The Balaban J connectivity index is 2.75. The first-order valence-electron chi connectivity index (χ1n) is 4.11. The van der Waals surface area contributed by atoms with Crippen LogP contribution in [0.15, 0.2) is 12.3 Å². The molecule has 0 unspecified atom stereocenters. The minimum absolute atomic E-state index is 0.974. The summed E-state index contributed by atoms with van der Waals surface area (Å²) in [4.78, 5) is 4.42. The van der Waals surface area contributed by atoms with E-state index < -0.39 is 0 Å². The molecule has 2 heterocycles. The van der Waals surface area contributed by atoms with Crippen molar-refractivity contribution < 1.29 is 0 Å². The van der Waals surface area contributed by atoms with Crippen LogP contribution in [0.25, 0.3) is 10.9 Å². The molecular formula is C9H11N3. The Morgan fingerprint density at radius 3 is 3.08 bits per heavy atom. The normalized spacial score (nSPS) is 10.8. The van der Waals surface area contributed by atoms with Crippen molar-refractivity contribution >= 4 is 10.9 Å². The van der Waals surface area contributed by atoms with Gasteiger partial charge in [0.15, 0.2) is 0 Å². The van der Waals surface area contributed by atoms with Gasteiger partial charge in [0.05, 0.1) is 17.4 Å². The highest BCUT2D eigenvalue weighted by atomic mass is 15.1. The lowest BCUT2D eigenvalue weighted by Gasteiger charge is -1.98. The predicted octanol–water partition coefficient (Wildman–Crippen LogP) is 1.83. The minimum atomic E-state index is 0.974. The molecule has 12 heavy (non-hydrogen) atoms. The Hall–Kier alpha value is -1.38. The molecule has 0 fully saturated rings. The van der Waals surface area contributed by atoms with Gasteiger partial charge < -0.3 is 0 Å². The standard InChI is InChI=1S/C9H11N3/c1-3-8-4-7-5-10-12-9(7)6(2)11-8/h4-5H,3H2,1-2H3,(H,10,12). The van der Waals surface area contributed by atoms with E-state index in [-0.39, 0.29) is 0 Å². The molecule has 3 nitrogen and oxygen atoms in total. The SMILES string of the molecule is CCc1cc2cn[nH]c2c(C)n1. The van der Waals surface area contributed by atoms with E-state index >= 15 is 0 Å². The third-order valence-electron chi connectivity index (χ3n) is 2.03. The summed E-state index contributed by atoms with van der Waals surface area (Å²) >= 11 is 0. The van der Waals surface area contributed by atoms with Crippen molar-refractivity contribution in [3.8, 4) is 0 Å². The summed E-state index contributed by atoms with van der Waals surface area (Å²) in [5.74, 6) is 0. The van der Waals surface area contributed by atoms with Crippen molar-refractivity contribution in [1.29, 1.82) is 0 Å². The van der Waals surface area contributed by atoms with Crippen LogP contribution in [-0.2, 0) is 6.42 Å². The zero-order valence-corrected chi connectivity index (χ0v) is 7.26. The summed E-state index contributed by atoms with van der Waals surface area (Å²) in [5, 5.41) is 8.05. The number of aryl methyl sites for hydroxylation is 2. The van der Waals surface area contributed by atoms with Crippen molar-refractivity contribution in [2.45, 2.75) is 20.3 Å². The molecule has 1 N–H and O–H groups in total. The van der Waals surface area contributed by atoms with Crippen LogP contribution in [0, 0.1) is 6.92 Å². The second-order valence-electron chi connectivity index (χ2n) is 2.89. The van der Waals surface area contributed by atoms with Crippen LogP contribution < -0.4 is 0 Å². The quantitative estimate of drug-likeness (QED) is 0.693. The van der Waals surface area contributed by atoms with Crippen molar-refractivity contribution in [1.82, 2.24) is 15.2 Å². The maximum atomic E-state index is 4.42. The number of hydrogen-bond acceptors (Lipinski definition) is 2. The van der Waals surface area contributed by atoms with Crippen LogP contribution in [0.1, 0.15) is 18.3 Å². The van der Waals surface area contributed by atoms with Crippen molar-refractivity contribution in [2.24, 2.45) is 0 Å². The molecule has 0 saturated carbocycles. The van der Waals surface area contributed by atoms with E-state index in [2.05, 4.69) is 28.2 Å². The van der Waals surface area contributed by atoms with Crippen LogP contribution in [0.5, 0.6) is 0 Å². The lowest BCUT2D eigenvalue weighted by molar-refractivity contribution is 1.01. The molecule has 0 radical (unpaired) electrons. The molecule has 2 aromatic heterocycles. The van der Waals surface area contributed by atoms with Crippen LogP contribution in [0.2, 0.25) is 0 Å². The molecule has 62 valence electrons. The van der Waals surface area contributed by atoms with Gasteiger partial charge in [-0.05, 0) is 19.4 Å². The van der Waals surface area contributed by atoms with Crippen molar-refractivity contribution in [3.63, 3.8) is 0 Å². The first kappa shape index (κ1) is 7.28. The second kappa shape index (κ2) is 2.59. The summed E-state index contributed by atoms with van der Waals surface area (Å²) in [6.07, 6.45) is 2.81. The van der Waals surface area contributed by atoms with E-state index in [0.717, 1.165) is 28.7 Å². The van der Waals surface area contributed by atoms with E-state index in [1.165, 1.54) is 0 Å². The molecule has 0 bridgehead atoms. The third-order valence-corrected chi connectivity index (χ3v) is 2.03. The Morgan fingerprint density at radius 2 is 2.33 bits per heavy atom. The topological polar surface area (TPSA) is 41.6 Å². The number of pyridine rings is 1. The Kier molecular flexibility index (Phi) is 1.57. The maximum Gasteiger partial charge on any atom is 0.0862 e. The fraction of sp³-hybridized carbons (Fsp3) is 0.333. The van der Waals surface area contributed by atoms with Gasteiger partial charge in [0.2, 0.25) is 0 Å². The summed E-state index contributed by atoms with van der Waals surface area (Å²) in [7, 11) is 0. The molecule has 0 aliphatic heterocycles. The third kappa shape index (κ3) is 0.978. The largest absolute Gasteiger partial charge is 0.276 e. The van der Waals surface area contributed by atoms with Gasteiger partial charge in [0.1, 0.15) is 0 Å². The van der Waals surface area contributed by atoms with E-state index in [1.54, 1.807) is 0 Å². The molecule has 0 spiro atoms. The van der Waals surface area contributed by atoms with E-state index in [1.807, 2.05) is 13.1 Å². The first-order valence-corrected chi connectivity index (χ1v) is 4.11. The number of rotatable bonds is 1. The van der Waals surface area contributed by atoms with Gasteiger partial charge in [-0.1, -0.05) is 6.92 Å². The zero-order chi connectivity index (χ0) is 8.55. The summed E-state index contributed by atoms with van der Waals surface area (Å²) in [6.45, 7) is 4.10. The minimum Gasteiger partial charge on any atom is -0.276 e. The highest BCUT2D eigenvalue weighted by Crippen LogP contribution is 2.14. The first-order chi connectivity index (χ1) is 5.81. The van der Waals surface area contributed by atoms with Gasteiger partial charge in [-0.2, -0.15) is 5.10 Å². The number of nitrogens with one attached hydrogen (secondary N) is 1. The number of aromatic amines is 1. The lowest BCUT2D eigenvalue weighted by Crippen LogP contribution is -1.90. The molecule has 0 aliphatic carbocycles. The number of nitrogens with zero attached hydrogens (tertiary/aromatic N) is 2. The second-order valence-corrected chi connectivity index (χ2v) is 2.89. The lowest BCUT2D eigenvalue weighted by atomic mass is 10.2. The zero-order valence-electron chi connectivity index (χ0n) is 7.26. The van der Waals surface area contributed by atoms with Gasteiger partial charge in [-0.15, -0.1) is 0 Å². The predicted molar refractivity (Wildman–Crippen MR) is 48.0 cm³/mol. The van der Waals surface area contributed by atoms with Gasteiger partial charge in [0, 0.05) is 11.1 Å². The van der Waals surface area contributed by atoms with E-state index in [4.69, 9.17) is 0 Å². The van der Waals surface area contributed by atoms with Crippen LogP contribution in [-0.4, -0.2) is 15.2 Å². The molecular weight excluding hydrogens is 150 g/mol. The smallest absolute Gasteiger partial charge is 0.0862 e. The highest BCUT2D eigenvalue weighted by molar-refractivity contribution is 5.80. The molecule has 0 amide bonds. The highest BCUT2D eigenvalue weighted by Gasteiger charge is 2.01. The van der Waals surface area contributed by atoms with Gasteiger partial charge in [-0.3, -0.25) is 10.1 Å². The van der Waals surface area contributed by atoms with Gasteiger partial charge >= 0.3 is 0 Å². The van der Waals surface area contributed by atoms with Crippen LogP contribution >= 0.6 is 0 Å². The number of aromatic nitrogens is 3.